The Morgan fingerprint density at radius 2 is 2.46 bits per heavy atom. The van der Waals surface area contributed by atoms with E-state index in [1.807, 2.05) is 6.92 Å². The molecule has 0 spiro atoms. The Hall–Kier alpha value is -1.03. The molecule has 1 aliphatic heterocycles. The minimum atomic E-state index is -0.524. The molecule has 0 fully saturated rings. The van der Waals surface area contributed by atoms with Gasteiger partial charge in [-0.3, -0.25) is 0 Å². The quantitative estimate of drug-likeness (QED) is 0.504. The molecule has 0 aromatic heterocycles. The molecule has 1 heterocycles. The zero-order valence-corrected chi connectivity index (χ0v) is 7.66. The minimum absolute atomic E-state index is 0.188. The Morgan fingerprint density at radius 3 is 3.00 bits per heavy atom. The molecule has 1 unspecified atom stereocenters. The van der Waals surface area contributed by atoms with Crippen LogP contribution in [0.3, 0.4) is 0 Å². The van der Waals surface area contributed by atoms with E-state index in [0.29, 0.717) is 6.61 Å². The number of aliphatic hydroxyl groups is 1. The molecule has 0 aromatic carbocycles. The first-order chi connectivity index (χ1) is 6.27. The molecule has 1 rings (SSSR count). The molecule has 1 atom stereocenters. The van der Waals surface area contributed by atoms with Gasteiger partial charge in [-0.15, -0.1) is 0 Å². The fraction of sp³-hybridized carbons (Fsp3) is 0.667. The van der Waals surface area contributed by atoms with Crippen LogP contribution in [0.25, 0.3) is 0 Å². The zero-order chi connectivity index (χ0) is 9.68. The molecule has 0 saturated carbocycles. The van der Waals surface area contributed by atoms with Crippen molar-refractivity contribution in [1.82, 2.24) is 0 Å². The van der Waals surface area contributed by atoms with Gasteiger partial charge in [0.2, 0.25) is 5.76 Å². The summed E-state index contributed by atoms with van der Waals surface area (Å²) in [7, 11) is 0. The number of hydrogen-bond donors (Lipinski definition) is 1. The van der Waals surface area contributed by atoms with Gasteiger partial charge in [0.05, 0.1) is 13.2 Å². The summed E-state index contributed by atoms with van der Waals surface area (Å²) in [5.74, 6) is -0.248. The van der Waals surface area contributed by atoms with Crippen molar-refractivity contribution >= 4 is 5.97 Å². The van der Waals surface area contributed by atoms with Gasteiger partial charge in [-0.05, 0) is 6.42 Å². The van der Waals surface area contributed by atoms with Crippen molar-refractivity contribution in [3.05, 3.63) is 11.8 Å². The summed E-state index contributed by atoms with van der Waals surface area (Å²) in [6.45, 7) is 2.38. The van der Waals surface area contributed by atoms with Gasteiger partial charge in [-0.2, -0.15) is 0 Å². The lowest BCUT2D eigenvalue weighted by molar-refractivity contribution is -0.144. The molecule has 0 aliphatic carbocycles. The fourth-order valence-electron chi connectivity index (χ4n) is 0.990. The van der Waals surface area contributed by atoms with Crippen LogP contribution in [0, 0.1) is 0 Å². The number of hydrogen-bond acceptors (Lipinski definition) is 4. The molecule has 0 radical (unpaired) electrons. The highest BCUT2D eigenvalue weighted by molar-refractivity contribution is 5.88. The van der Waals surface area contributed by atoms with E-state index >= 15 is 0 Å². The first-order valence-electron chi connectivity index (χ1n) is 4.44. The maximum absolute atomic E-state index is 11.0. The van der Waals surface area contributed by atoms with Gasteiger partial charge < -0.3 is 14.6 Å². The Kier molecular flexibility index (Phi) is 3.76. The molecule has 0 saturated heterocycles. The van der Waals surface area contributed by atoms with Crippen molar-refractivity contribution in [3.8, 4) is 0 Å². The van der Waals surface area contributed by atoms with E-state index in [-0.39, 0.29) is 12.4 Å². The van der Waals surface area contributed by atoms with Crippen molar-refractivity contribution in [2.24, 2.45) is 0 Å². The number of unbranched alkanes of at least 4 members (excludes halogenated alkanes) is 1. The number of cyclic esters (lactones) is 1. The van der Waals surface area contributed by atoms with Crippen LogP contribution in [0.15, 0.2) is 11.8 Å². The highest BCUT2D eigenvalue weighted by Crippen LogP contribution is 2.14. The van der Waals surface area contributed by atoms with Crippen LogP contribution < -0.4 is 0 Å². The van der Waals surface area contributed by atoms with Crippen molar-refractivity contribution in [1.29, 1.82) is 0 Å². The summed E-state index contributed by atoms with van der Waals surface area (Å²) in [5.41, 5.74) is 0. The number of esters is 1. The Labute approximate surface area is 77.1 Å². The molecule has 1 aliphatic rings. The van der Waals surface area contributed by atoms with Crippen LogP contribution in [-0.2, 0) is 14.3 Å². The van der Waals surface area contributed by atoms with Gasteiger partial charge in [0, 0.05) is 6.08 Å². The third-order valence-corrected chi connectivity index (χ3v) is 1.73. The Balaban J connectivity index is 2.35. The van der Waals surface area contributed by atoms with E-state index in [1.165, 1.54) is 6.08 Å². The lowest BCUT2D eigenvalue weighted by atomic mass is 10.3. The number of carbonyl (C=O) groups excluding carboxylic acids is 1. The van der Waals surface area contributed by atoms with Gasteiger partial charge in [0.25, 0.3) is 0 Å². The molecule has 4 nitrogen and oxygen atoms in total. The largest absolute Gasteiger partial charge is 0.487 e. The molecule has 4 heteroatoms. The number of ether oxygens (including phenoxy) is 2. The molecular formula is C9H14O4. The highest BCUT2D eigenvalue weighted by atomic mass is 16.6. The van der Waals surface area contributed by atoms with E-state index in [9.17, 15) is 4.79 Å². The predicted octanol–water partition coefficient (Wildman–Crippen LogP) is 0.605. The molecule has 0 amide bonds. The second-order valence-corrected chi connectivity index (χ2v) is 2.86. The van der Waals surface area contributed by atoms with Gasteiger partial charge >= 0.3 is 5.97 Å². The monoisotopic (exact) mass is 186 g/mol. The minimum Gasteiger partial charge on any atom is -0.487 e. The summed E-state index contributed by atoms with van der Waals surface area (Å²) in [6.07, 6.45) is 2.92. The van der Waals surface area contributed by atoms with E-state index in [1.54, 1.807) is 0 Å². The topological polar surface area (TPSA) is 55.8 Å². The summed E-state index contributed by atoms with van der Waals surface area (Å²) in [5, 5.41) is 8.70. The molecule has 0 bridgehead atoms. The third-order valence-electron chi connectivity index (χ3n) is 1.73. The van der Waals surface area contributed by atoms with Gasteiger partial charge in [-0.1, -0.05) is 13.3 Å². The number of rotatable bonds is 5. The highest BCUT2D eigenvalue weighted by Gasteiger charge is 2.25. The second kappa shape index (κ2) is 4.87. The van der Waals surface area contributed by atoms with Gasteiger partial charge in [0.1, 0.15) is 6.10 Å². The van der Waals surface area contributed by atoms with E-state index < -0.39 is 12.1 Å². The lowest BCUT2D eigenvalue weighted by Crippen LogP contribution is -2.12. The maximum atomic E-state index is 11.0. The van der Waals surface area contributed by atoms with Gasteiger partial charge in [-0.25, -0.2) is 4.79 Å². The lowest BCUT2D eigenvalue weighted by Gasteiger charge is -2.02. The summed E-state index contributed by atoms with van der Waals surface area (Å²) < 4.78 is 9.91. The summed E-state index contributed by atoms with van der Waals surface area (Å²) in [6, 6.07) is 0. The first-order valence-corrected chi connectivity index (χ1v) is 4.44. The van der Waals surface area contributed by atoms with Crippen molar-refractivity contribution in [3.63, 3.8) is 0 Å². The Morgan fingerprint density at radius 1 is 1.69 bits per heavy atom. The fourth-order valence-corrected chi connectivity index (χ4v) is 0.990. The van der Waals surface area contributed by atoms with Crippen LogP contribution in [0.2, 0.25) is 0 Å². The smallest absolute Gasteiger partial charge is 0.374 e. The van der Waals surface area contributed by atoms with Crippen LogP contribution in [0.4, 0.5) is 0 Å². The zero-order valence-electron chi connectivity index (χ0n) is 7.66. The molecule has 74 valence electrons. The van der Waals surface area contributed by atoms with E-state index in [4.69, 9.17) is 14.6 Å². The van der Waals surface area contributed by atoms with Crippen LogP contribution in [0.5, 0.6) is 0 Å². The predicted molar refractivity (Wildman–Crippen MR) is 45.9 cm³/mol. The van der Waals surface area contributed by atoms with E-state index in [2.05, 4.69) is 0 Å². The van der Waals surface area contributed by atoms with Crippen molar-refractivity contribution in [2.45, 2.75) is 25.9 Å². The van der Waals surface area contributed by atoms with Crippen LogP contribution >= 0.6 is 0 Å². The molecule has 1 N–H and O–H groups in total. The summed E-state index contributed by atoms with van der Waals surface area (Å²) >= 11 is 0. The molecule has 0 aromatic rings. The molecular weight excluding hydrogens is 172 g/mol. The average molecular weight is 186 g/mol. The normalized spacial score (nSPS) is 21.2. The number of carbonyl (C=O) groups is 1. The van der Waals surface area contributed by atoms with Crippen molar-refractivity contribution < 1.29 is 19.4 Å². The summed E-state index contributed by atoms with van der Waals surface area (Å²) in [4.78, 5) is 11.0. The molecule has 13 heavy (non-hydrogen) atoms. The van der Waals surface area contributed by atoms with E-state index in [0.717, 1.165) is 12.8 Å². The standard InChI is InChI=1S/C9H14O4/c1-2-3-4-12-8-5-7(6-10)13-9(8)11/h5,7,10H,2-4,6H2,1H3. The van der Waals surface area contributed by atoms with Crippen LogP contribution in [-0.4, -0.2) is 30.4 Å². The average Bonchev–Trinajstić information content (AvgIpc) is 2.48. The first kappa shape index (κ1) is 10.1. The second-order valence-electron chi connectivity index (χ2n) is 2.86. The maximum Gasteiger partial charge on any atom is 0.374 e. The van der Waals surface area contributed by atoms with Crippen LogP contribution in [0.1, 0.15) is 19.8 Å². The van der Waals surface area contributed by atoms with Gasteiger partial charge in [0.15, 0.2) is 0 Å². The third kappa shape index (κ3) is 2.73. The van der Waals surface area contributed by atoms with Crippen molar-refractivity contribution in [2.75, 3.05) is 13.2 Å². The SMILES string of the molecule is CCCCOC1=CC(CO)OC1=O. The number of aliphatic hydroxyl groups excluding tert-OH is 1. The Bertz CT molecular complexity index is 210.